The first-order chi connectivity index (χ1) is 8.19. The first-order valence-corrected chi connectivity index (χ1v) is 6.02. The summed E-state index contributed by atoms with van der Waals surface area (Å²) in [6.07, 6.45) is 1.75. The molecule has 0 aliphatic heterocycles. The van der Waals surface area contributed by atoms with Crippen LogP contribution in [0.5, 0.6) is 0 Å². The van der Waals surface area contributed by atoms with Crippen molar-refractivity contribution in [3.8, 4) is 0 Å². The standard InChI is InChI=1S/C9H15N5O2S/c1-2-6-8(17-14-12-6)9(15)11-5-3-4-7(10)13-16/h16H,2-5H2,1H3,(H2,10,13)(H,11,15). The number of nitrogens with zero attached hydrogens (tertiary/aromatic N) is 3. The Bertz CT molecular complexity index is 404. The molecular formula is C9H15N5O2S. The van der Waals surface area contributed by atoms with Crippen LogP contribution >= 0.6 is 11.5 Å². The summed E-state index contributed by atoms with van der Waals surface area (Å²) in [5.41, 5.74) is 6.01. The zero-order valence-electron chi connectivity index (χ0n) is 9.51. The van der Waals surface area contributed by atoms with Gasteiger partial charge in [0.1, 0.15) is 10.7 Å². The lowest BCUT2D eigenvalue weighted by Gasteiger charge is -2.03. The van der Waals surface area contributed by atoms with Gasteiger partial charge >= 0.3 is 0 Å². The van der Waals surface area contributed by atoms with E-state index in [1.54, 1.807) is 0 Å². The molecule has 17 heavy (non-hydrogen) atoms. The van der Waals surface area contributed by atoms with Crippen LogP contribution in [0.4, 0.5) is 0 Å². The Morgan fingerprint density at radius 3 is 3.06 bits per heavy atom. The number of oxime groups is 1. The molecule has 0 saturated carbocycles. The number of hydrogen-bond acceptors (Lipinski definition) is 6. The van der Waals surface area contributed by atoms with E-state index in [-0.39, 0.29) is 11.7 Å². The minimum atomic E-state index is -0.170. The lowest BCUT2D eigenvalue weighted by atomic mass is 10.2. The monoisotopic (exact) mass is 257 g/mol. The number of carbonyl (C=O) groups is 1. The number of hydrogen-bond donors (Lipinski definition) is 3. The van der Waals surface area contributed by atoms with Gasteiger partial charge in [-0.1, -0.05) is 16.6 Å². The molecule has 0 aliphatic rings. The second-order valence-corrected chi connectivity index (χ2v) is 4.11. The minimum absolute atomic E-state index is 0.160. The van der Waals surface area contributed by atoms with Crippen LogP contribution in [0.15, 0.2) is 5.16 Å². The lowest BCUT2D eigenvalue weighted by molar-refractivity contribution is 0.0956. The molecule has 0 aromatic carbocycles. The first-order valence-electron chi connectivity index (χ1n) is 5.24. The quantitative estimate of drug-likeness (QED) is 0.224. The maximum atomic E-state index is 11.7. The molecule has 0 atom stereocenters. The Morgan fingerprint density at radius 2 is 2.41 bits per heavy atom. The molecule has 94 valence electrons. The summed E-state index contributed by atoms with van der Waals surface area (Å²) in [4.78, 5) is 12.3. The van der Waals surface area contributed by atoms with Crippen LogP contribution in [0.3, 0.4) is 0 Å². The lowest BCUT2D eigenvalue weighted by Crippen LogP contribution is -2.25. The van der Waals surface area contributed by atoms with Crippen LogP contribution in [0.2, 0.25) is 0 Å². The van der Waals surface area contributed by atoms with E-state index in [0.717, 1.165) is 11.5 Å². The van der Waals surface area contributed by atoms with Crippen LogP contribution in [-0.2, 0) is 6.42 Å². The van der Waals surface area contributed by atoms with E-state index in [9.17, 15) is 4.79 Å². The van der Waals surface area contributed by atoms with Gasteiger partial charge < -0.3 is 16.3 Å². The number of nitrogens with two attached hydrogens (primary N) is 1. The van der Waals surface area contributed by atoms with Crippen molar-refractivity contribution in [2.45, 2.75) is 26.2 Å². The highest BCUT2D eigenvalue weighted by molar-refractivity contribution is 7.08. The van der Waals surface area contributed by atoms with Crippen molar-refractivity contribution in [1.82, 2.24) is 14.9 Å². The van der Waals surface area contributed by atoms with Crippen molar-refractivity contribution in [3.05, 3.63) is 10.6 Å². The predicted molar refractivity (Wildman–Crippen MR) is 64.3 cm³/mol. The average molecular weight is 257 g/mol. The maximum Gasteiger partial charge on any atom is 0.264 e. The molecule has 0 unspecified atom stereocenters. The van der Waals surface area contributed by atoms with Crippen LogP contribution < -0.4 is 11.1 Å². The number of rotatable bonds is 6. The van der Waals surface area contributed by atoms with Gasteiger partial charge in [0.05, 0.1) is 5.69 Å². The number of nitrogens with one attached hydrogen (secondary N) is 1. The molecule has 8 heteroatoms. The number of aromatic nitrogens is 2. The molecule has 1 aromatic rings. The third-order valence-corrected chi connectivity index (χ3v) is 2.89. The van der Waals surface area contributed by atoms with Crippen molar-refractivity contribution in [1.29, 1.82) is 0 Å². The van der Waals surface area contributed by atoms with Gasteiger partial charge in [0, 0.05) is 13.0 Å². The van der Waals surface area contributed by atoms with Gasteiger partial charge in [-0.25, -0.2) is 0 Å². The van der Waals surface area contributed by atoms with E-state index in [0.29, 0.717) is 36.4 Å². The SMILES string of the molecule is CCc1nnsc1C(=O)NCCCC(N)=NO. The molecular weight excluding hydrogens is 242 g/mol. The van der Waals surface area contributed by atoms with E-state index in [2.05, 4.69) is 20.1 Å². The summed E-state index contributed by atoms with van der Waals surface area (Å²) in [5, 5.41) is 17.8. The smallest absolute Gasteiger partial charge is 0.264 e. The Balaban J connectivity index is 2.35. The van der Waals surface area contributed by atoms with Crippen LogP contribution in [0.1, 0.15) is 35.1 Å². The summed E-state index contributed by atoms with van der Waals surface area (Å²) in [6, 6.07) is 0. The van der Waals surface area contributed by atoms with Crippen molar-refractivity contribution in [3.63, 3.8) is 0 Å². The Morgan fingerprint density at radius 1 is 1.65 bits per heavy atom. The average Bonchev–Trinajstić information content (AvgIpc) is 2.82. The number of carbonyl (C=O) groups excluding carboxylic acids is 1. The molecule has 0 spiro atoms. The van der Waals surface area contributed by atoms with Crippen LogP contribution in [0, 0.1) is 0 Å². The minimum Gasteiger partial charge on any atom is -0.409 e. The normalized spacial score (nSPS) is 11.5. The fraction of sp³-hybridized carbons (Fsp3) is 0.556. The zero-order valence-corrected chi connectivity index (χ0v) is 10.3. The van der Waals surface area contributed by atoms with Gasteiger partial charge in [0.15, 0.2) is 0 Å². The van der Waals surface area contributed by atoms with E-state index >= 15 is 0 Å². The summed E-state index contributed by atoms with van der Waals surface area (Å²) in [6.45, 7) is 2.39. The van der Waals surface area contributed by atoms with Gasteiger partial charge in [-0.3, -0.25) is 4.79 Å². The van der Waals surface area contributed by atoms with E-state index in [1.165, 1.54) is 0 Å². The molecule has 0 radical (unpaired) electrons. The van der Waals surface area contributed by atoms with Crippen LogP contribution in [0.25, 0.3) is 0 Å². The highest BCUT2D eigenvalue weighted by Crippen LogP contribution is 2.10. The molecule has 0 saturated heterocycles. The van der Waals surface area contributed by atoms with Crippen molar-refractivity contribution >= 4 is 23.3 Å². The summed E-state index contributed by atoms with van der Waals surface area (Å²) in [5.74, 6) is -0.00990. The molecule has 7 nitrogen and oxygen atoms in total. The Kier molecular flexibility index (Phi) is 5.34. The molecule has 4 N–H and O–H groups in total. The fourth-order valence-electron chi connectivity index (χ4n) is 1.21. The number of aryl methyl sites for hydroxylation is 1. The van der Waals surface area contributed by atoms with E-state index in [1.807, 2.05) is 6.92 Å². The highest BCUT2D eigenvalue weighted by Gasteiger charge is 2.13. The molecule has 1 aromatic heterocycles. The van der Waals surface area contributed by atoms with E-state index in [4.69, 9.17) is 10.9 Å². The van der Waals surface area contributed by atoms with Gasteiger partial charge in [-0.15, -0.1) is 5.10 Å². The molecule has 1 rings (SSSR count). The van der Waals surface area contributed by atoms with Crippen LogP contribution in [-0.4, -0.2) is 33.1 Å². The highest BCUT2D eigenvalue weighted by atomic mass is 32.1. The Labute approximate surface area is 103 Å². The van der Waals surface area contributed by atoms with Gasteiger partial charge in [-0.05, 0) is 24.4 Å². The third kappa shape index (κ3) is 3.99. The molecule has 0 aliphatic carbocycles. The molecule has 1 heterocycles. The summed E-state index contributed by atoms with van der Waals surface area (Å²) >= 11 is 1.09. The molecule has 0 bridgehead atoms. The van der Waals surface area contributed by atoms with Gasteiger partial charge in [0.25, 0.3) is 5.91 Å². The summed E-state index contributed by atoms with van der Waals surface area (Å²) in [7, 11) is 0. The maximum absolute atomic E-state index is 11.7. The second-order valence-electron chi connectivity index (χ2n) is 3.35. The second kappa shape index (κ2) is 6.79. The van der Waals surface area contributed by atoms with Crippen molar-refractivity contribution in [2.24, 2.45) is 10.9 Å². The van der Waals surface area contributed by atoms with Gasteiger partial charge in [-0.2, -0.15) is 0 Å². The molecule has 1 amide bonds. The number of amides is 1. The van der Waals surface area contributed by atoms with Gasteiger partial charge in [0.2, 0.25) is 0 Å². The zero-order chi connectivity index (χ0) is 12.7. The topological polar surface area (TPSA) is 113 Å². The van der Waals surface area contributed by atoms with Crippen molar-refractivity contribution in [2.75, 3.05) is 6.54 Å². The predicted octanol–water partition coefficient (Wildman–Crippen LogP) is 0.357. The number of amidine groups is 1. The third-order valence-electron chi connectivity index (χ3n) is 2.12. The fourth-order valence-corrected chi connectivity index (χ4v) is 1.88. The summed E-state index contributed by atoms with van der Waals surface area (Å²) < 4.78 is 3.74. The van der Waals surface area contributed by atoms with Crippen molar-refractivity contribution < 1.29 is 10.0 Å². The molecule has 0 fully saturated rings. The van der Waals surface area contributed by atoms with E-state index < -0.39 is 0 Å². The first kappa shape index (κ1) is 13.4. The Hall–Kier alpha value is -1.70. The largest absolute Gasteiger partial charge is 0.409 e.